The van der Waals surface area contributed by atoms with Crippen LogP contribution in [0.2, 0.25) is 0 Å². The highest BCUT2D eigenvalue weighted by Crippen LogP contribution is 2.31. The summed E-state index contributed by atoms with van der Waals surface area (Å²) >= 11 is 0. The molecule has 5 rings (SSSR count). The maximum atomic E-state index is 13.4. The molecule has 0 bridgehead atoms. The molecule has 0 radical (unpaired) electrons. The van der Waals surface area contributed by atoms with E-state index in [2.05, 4.69) is 22.5 Å². The lowest BCUT2D eigenvalue weighted by molar-refractivity contribution is 0.0793. The van der Waals surface area contributed by atoms with E-state index in [0.717, 1.165) is 74.0 Å². The van der Waals surface area contributed by atoms with Gasteiger partial charge >= 0.3 is 6.03 Å². The average molecular weight is 457 g/mol. The van der Waals surface area contributed by atoms with Crippen LogP contribution >= 0.6 is 0 Å². The molecule has 176 valence electrons. The number of hydrogen-bond donors (Lipinski definition) is 2. The number of benzene rings is 3. The third kappa shape index (κ3) is 4.72. The van der Waals surface area contributed by atoms with Crippen molar-refractivity contribution in [2.24, 2.45) is 5.92 Å². The number of nitrogens with zero attached hydrogens (tertiary/aromatic N) is 2. The van der Waals surface area contributed by atoms with Gasteiger partial charge in [-0.05, 0) is 61.3 Å². The number of fused-ring (bicyclic) bond motifs is 1. The lowest BCUT2D eigenvalue weighted by atomic mass is 9.97. The second kappa shape index (κ2) is 9.75. The summed E-state index contributed by atoms with van der Waals surface area (Å²) in [6.07, 6.45) is 4.36. The van der Waals surface area contributed by atoms with Gasteiger partial charge in [-0.2, -0.15) is 0 Å². The number of urea groups is 1. The number of hydrogen-bond acceptors (Lipinski definition) is 3. The van der Waals surface area contributed by atoms with Gasteiger partial charge in [0.2, 0.25) is 0 Å². The fraction of sp³-hybridized carbons (Fsp3) is 0.357. The van der Waals surface area contributed by atoms with E-state index >= 15 is 0 Å². The van der Waals surface area contributed by atoms with Crippen molar-refractivity contribution >= 4 is 39.8 Å². The van der Waals surface area contributed by atoms with E-state index in [-0.39, 0.29) is 11.9 Å². The largest absolute Gasteiger partial charge is 0.371 e. The summed E-state index contributed by atoms with van der Waals surface area (Å²) in [5.74, 6) is 0.775. The predicted octanol–water partition coefficient (Wildman–Crippen LogP) is 5.96. The summed E-state index contributed by atoms with van der Waals surface area (Å²) < 4.78 is 0. The van der Waals surface area contributed by atoms with E-state index in [0.29, 0.717) is 17.2 Å². The molecule has 2 aliphatic heterocycles. The maximum Gasteiger partial charge on any atom is 0.323 e. The third-order valence-corrected chi connectivity index (χ3v) is 7.04. The predicted molar refractivity (Wildman–Crippen MR) is 139 cm³/mol. The summed E-state index contributed by atoms with van der Waals surface area (Å²) in [5.41, 5.74) is 3.03. The van der Waals surface area contributed by atoms with Crippen molar-refractivity contribution < 1.29 is 9.59 Å². The molecule has 34 heavy (non-hydrogen) atoms. The molecule has 3 aromatic rings. The summed E-state index contributed by atoms with van der Waals surface area (Å²) in [5, 5.41) is 7.96. The molecule has 3 amide bonds. The number of piperidine rings is 1. The summed E-state index contributed by atoms with van der Waals surface area (Å²) in [4.78, 5) is 30.5. The highest BCUT2D eigenvalue weighted by molar-refractivity contribution is 6.07. The minimum absolute atomic E-state index is 0.0595. The van der Waals surface area contributed by atoms with Crippen molar-refractivity contribution in [1.29, 1.82) is 0 Å². The highest BCUT2D eigenvalue weighted by atomic mass is 16.2. The molecule has 0 atom stereocenters. The van der Waals surface area contributed by atoms with Gasteiger partial charge in [0, 0.05) is 42.9 Å². The van der Waals surface area contributed by atoms with Gasteiger partial charge in [-0.25, -0.2) is 4.79 Å². The normalized spacial score (nSPS) is 16.6. The van der Waals surface area contributed by atoms with Gasteiger partial charge in [0.25, 0.3) is 5.91 Å². The lowest BCUT2D eigenvalue weighted by Crippen LogP contribution is -2.35. The van der Waals surface area contributed by atoms with Gasteiger partial charge in [-0.1, -0.05) is 43.3 Å². The van der Waals surface area contributed by atoms with Crippen LogP contribution in [0.25, 0.3) is 10.8 Å². The molecule has 2 aliphatic rings. The molecular weight excluding hydrogens is 424 g/mol. The molecule has 2 heterocycles. The van der Waals surface area contributed by atoms with Gasteiger partial charge < -0.3 is 20.4 Å². The Kier molecular flexibility index (Phi) is 6.39. The first kappa shape index (κ1) is 22.3. The van der Waals surface area contributed by atoms with Crippen LogP contribution in [0.5, 0.6) is 0 Å². The molecule has 0 aromatic heterocycles. The van der Waals surface area contributed by atoms with E-state index in [1.807, 2.05) is 65.6 Å². The van der Waals surface area contributed by atoms with Crippen molar-refractivity contribution in [1.82, 2.24) is 4.90 Å². The lowest BCUT2D eigenvalue weighted by Gasteiger charge is -2.34. The first-order valence-corrected chi connectivity index (χ1v) is 12.3. The van der Waals surface area contributed by atoms with Crippen molar-refractivity contribution in [3.05, 3.63) is 66.2 Å². The first-order chi connectivity index (χ1) is 16.6. The van der Waals surface area contributed by atoms with Crippen LogP contribution < -0.4 is 15.5 Å². The second-order valence-corrected chi connectivity index (χ2v) is 9.51. The van der Waals surface area contributed by atoms with Crippen molar-refractivity contribution in [2.75, 3.05) is 41.7 Å². The molecular formula is C28H32N4O2. The fourth-order valence-electron chi connectivity index (χ4n) is 5.02. The van der Waals surface area contributed by atoms with Crippen LogP contribution in [0.3, 0.4) is 0 Å². The van der Waals surface area contributed by atoms with Crippen LogP contribution in [0.15, 0.2) is 60.7 Å². The molecule has 6 heteroatoms. The van der Waals surface area contributed by atoms with Crippen molar-refractivity contribution in [3.63, 3.8) is 0 Å². The topological polar surface area (TPSA) is 64.7 Å². The number of likely N-dealkylation sites (tertiary alicyclic amines) is 1. The number of carbonyl (C=O) groups is 2. The maximum absolute atomic E-state index is 13.4. The van der Waals surface area contributed by atoms with Crippen LogP contribution in [0, 0.1) is 5.92 Å². The van der Waals surface area contributed by atoms with Crippen molar-refractivity contribution in [3.8, 4) is 0 Å². The van der Waals surface area contributed by atoms with Gasteiger partial charge in [0.05, 0.1) is 11.3 Å². The molecule has 0 spiro atoms. The van der Waals surface area contributed by atoms with Gasteiger partial charge in [0.1, 0.15) is 0 Å². The SMILES string of the molecule is CC1CCN(c2ccc(NC(=O)Nc3cccc4ccccc34)cc2C(=O)N2CCCC2)CC1. The Morgan fingerprint density at radius 2 is 1.59 bits per heavy atom. The van der Waals surface area contributed by atoms with E-state index in [4.69, 9.17) is 0 Å². The van der Waals surface area contributed by atoms with Crippen LogP contribution in [-0.4, -0.2) is 43.0 Å². The van der Waals surface area contributed by atoms with Crippen LogP contribution in [0.4, 0.5) is 21.9 Å². The molecule has 0 unspecified atom stereocenters. The van der Waals surface area contributed by atoms with E-state index < -0.39 is 0 Å². The Balaban J connectivity index is 1.38. The summed E-state index contributed by atoms with van der Waals surface area (Å²) in [6.45, 7) is 5.80. The summed E-state index contributed by atoms with van der Waals surface area (Å²) in [7, 11) is 0. The minimum atomic E-state index is -0.324. The Morgan fingerprint density at radius 1 is 0.853 bits per heavy atom. The number of rotatable bonds is 4. The zero-order chi connectivity index (χ0) is 23.5. The zero-order valence-electron chi connectivity index (χ0n) is 19.7. The number of nitrogens with one attached hydrogen (secondary N) is 2. The Bertz CT molecular complexity index is 1190. The first-order valence-electron chi connectivity index (χ1n) is 12.3. The van der Waals surface area contributed by atoms with Crippen LogP contribution in [0.1, 0.15) is 43.0 Å². The van der Waals surface area contributed by atoms with E-state index in [9.17, 15) is 9.59 Å². The molecule has 0 saturated carbocycles. The third-order valence-electron chi connectivity index (χ3n) is 7.04. The van der Waals surface area contributed by atoms with Gasteiger partial charge in [-0.15, -0.1) is 0 Å². The van der Waals surface area contributed by atoms with Crippen molar-refractivity contribution in [2.45, 2.75) is 32.6 Å². The van der Waals surface area contributed by atoms with Gasteiger partial charge in [0.15, 0.2) is 0 Å². The molecule has 2 N–H and O–H groups in total. The zero-order valence-corrected chi connectivity index (χ0v) is 19.7. The Morgan fingerprint density at radius 3 is 2.38 bits per heavy atom. The van der Waals surface area contributed by atoms with E-state index in [1.165, 1.54) is 0 Å². The number of carbonyl (C=O) groups excluding carboxylic acids is 2. The molecule has 3 aromatic carbocycles. The molecule has 2 saturated heterocycles. The molecule has 0 aliphatic carbocycles. The second-order valence-electron chi connectivity index (χ2n) is 9.51. The summed E-state index contributed by atoms with van der Waals surface area (Å²) in [6, 6.07) is 19.2. The Hall–Kier alpha value is -3.54. The van der Waals surface area contributed by atoms with Crippen LogP contribution in [-0.2, 0) is 0 Å². The van der Waals surface area contributed by atoms with Gasteiger partial charge in [-0.3, -0.25) is 4.79 Å². The quantitative estimate of drug-likeness (QED) is 0.509. The number of anilines is 3. The number of amides is 3. The Labute approximate surface area is 200 Å². The minimum Gasteiger partial charge on any atom is -0.371 e. The average Bonchev–Trinajstić information content (AvgIpc) is 3.39. The smallest absolute Gasteiger partial charge is 0.323 e. The van der Waals surface area contributed by atoms with E-state index in [1.54, 1.807) is 0 Å². The fourth-order valence-corrected chi connectivity index (χ4v) is 5.02. The standard InChI is InChI=1S/C28H32N4O2/c1-20-13-17-31(18-14-20)26-12-11-22(19-24(26)27(33)32-15-4-5-16-32)29-28(34)30-25-10-6-8-21-7-2-3-9-23(21)25/h2-3,6-12,19-20H,4-5,13-18H2,1H3,(H2,29,30,34). The highest BCUT2D eigenvalue weighted by Gasteiger charge is 2.26. The monoisotopic (exact) mass is 456 g/mol. The molecule has 6 nitrogen and oxygen atoms in total. The molecule has 2 fully saturated rings.